The third-order valence-electron chi connectivity index (χ3n) is 5.38. The number of nitrogens with zero attached hydrogens (tertiary/aromatic N) is 1. The van der Waals surface area contributed by atoms with Crippen molar-refractivity contribution in [2.75, 3.05) is 19.6 Å². The van der Waals surface area contributed by atoms with Crippen molar-refractivity contribution < 1.29 is 0 Å². The molecule has 0 amide bonds. The molecule has 0 radical (unpaired) electrons. The fourth-order valence-corrected chi connectivity index (χ4v) is 4.16. The first-order chi connectivity index (χ1) is 9.20. The summed E-state index contributed by atoms with van der Waals surface area (Å²) in [7, 11) is 0. The summed E-state index contributed by atoms with van der Waals surface area (Å²) in [6, 6.07) is 1.42. The van der Waals surface area contributed by atoms with Crippen molar-refractivity contribution >= 4 is 0 Å². The Kier molecular flexibility index (Phi) is 6.15. The highest BCUT2D eigenvalue weighted by Crippen LogP contribution is 2.36. The van der Waals surface area contributed by atoms with Gasteiger partial charge in [0.15, 0.2) is 0 Å². The van der Waals surface area contributed by atoms with Crippen LogP contribution in [0.2, 0.25) is 0 Å². The summed E-state index contributed by atoms with van der Waals surface area (Å²) in [5.41, 5.74) is 0. The molecule has 2 heteroatoms. The lowest BCUT2D eigenvalue weighted by Crippen LogP contribution is -2.47. The lowest BCUT2D eigenvalue weighted by atomic mass is 9.75. The first-order valence-corrected chi connectivity index (χ1v) is 8.68. The van der Waals surface area contributed by atoms with E-state index >= 15 is 0 Å². The fraction of sp³-hybridized carbons (Fsp3) is 1.00. The van der Waals surface area contributed by atoms with E-state index in [1.54, 1.807) is 0 Å². The molecular formula is C17H34N2. The van der Waals surface area contributed by atoms with Gasteiger partial charge in [-0.1, -0.05) is 26.2 Å². The molecule has 1 aliphatic heterocycles. The summed E-state index contributed by atoms with van der Waals surface area (Å²) in [4.78, 5) is 2.77. The van der Waals surface area contributed by atoms with Crippen LogP contribution in [0.3, 0.4) is 0 Å². The van der Waals surface area contributed by atoms with E-state index in [-0.39, 0.29) is 0 Å². The Morgan fingerprint density at radius 1 is 1.11 bits per heavy atom. The monoisotopic (exact) mass is 266 g/mol. The second kappa shape index (κ2) is 7.64. The molecule has 1 saturated carbocycles. The Bertz CT molecular complexity index is 254. The maximum Gasteiger partial charge on any atom is 0.00817 e. The molecule has 0 aromatic rings. The minimum absolute atomic E-state index is 0.666. The fourth-order valence-electron chi connectivity index (χ4n) is 4.16. The summed E-state index contributed by atoms with van der Waals surface area (Å²) < 4.78 is 0. The van der Waals surface area contributed by atoms with E-state index in [9.17, 15) is 0 Å². The van der Waals surface area contributed by atoms with Gasteiger partial charge in [0.25, 0.3) is 0 Å². The van der Waals surface area contributed by atoms with E-state index in [0.717, 1.165) is 17.9 Å². The summed E-state index contributed by atoms with van der Waals surface area (Å²) in [5.74, 6) is 2.08. The summed E-state index contributed by atoms with van der Waals surface area (Å²) in [6.07, 6.45) is 10.0. The third kappa shape index (κ3) is 4.46. The molecule has 0 aromatic heterocycles. The number of fused-ring (bicyclic) bond motifs is 1. The predicted molar refractivity (Wildman–Crippen MR) is 83.5 cm³/mol. The topological polar surface area (TPSA) is 15.3 Å². The Morgan fingerprint density at radius 3 is 2.58 bits per heavy atom. The van der Waals surface area contributed by atoms with Gasteiger partial charge in [-0.3, -0.25) is 0 Å². The minimum Gasteiger partial charge on any atom is -0.314 e. The largest absolute Gasteiger partial charge is 0.314 e. The van der Waals surface area contributed by atoms with E-state index in [1.807, 2.05) is 0 Å². The molecular weight excluding hydrogens is 232 g/mol. The summed E-state index contributed by atoms with van der Waals surface area (Å²) in [5, 5.41) is 3.63. The van der Waals surface area contributed by atoms with Gasteiger partial charge < -0.3 is 10.2 Å². The summed E-state index contributed by atoms with van der Waals surface area (Å²) in [6.45, 7) is 10.9. The molecule has 2 fully saturated rings. The molecule has 0 spiro atoms. The van der Waals surface area contributed by atoms with E-state index in [4.69, 9.17) is 0 Å². The van der Waals surface area contributed by atoms with Crippen molar-refractivity contribution in [3.05, 3.63) is 0 Å². The Labute approximate surface area is 120 Å². The Morgan fingerprint density at radius 2 is 1.84 bits per heavy atom. The maximum absolute atomic E-state index is 3.63. The number of rotatable bonds is 6. The highest BCUT2D eigenvalue weighted by atomic mass is 15.2. The van der Waals surface area contributed by atoms with Gasteiger partial charge in [-0.25, -0.2) is 0 Å². The van der Waals surface area contributed by atoms with Gasteiger partial charge in [0.2, 0.25) is 0 Å². The Hall–Kier alpha value is -0.0800. The molecule has 112 valence electrons. The second-order valence-corrected chi connectivity index (χ2v) is 7.03. The van der Waals surface area contributed by atoms with Gasteiger partial charge in [0.05, 0.1) is 0 Å². The van der Waals surface area contributed by atoms with Crippen LogP contribution in [-0.2, 0) is 0 Å². The zero-order valence-corrected chi connectivity index (χ0v) is 13.3. The molecule has 0 aromatic carbocycles. The molecule has 1 aliphatic carbocycles. The van der Waals surface area contributed by atoms with E-state index < -0.39 is 0 Å². The molecule has 2 nitrogen and oxygen atoms in total. The van der Waals surface area contributed by atoms with Crippen LogP contribution in [0.4, 0.5) is 0 Å². The van der Waals surface area contributed by atoms with Gasteiger partial charge in [-0.05, 0) is 64.5 Å². The molecule has 2 rings (SSSR count). The van der Waals surface area contributed by atoms with Crippen LogP contribution >= 0.6 is 0 Å². The maximum atomic E-state index is 3.63. The lowest BCUT2D eigenvalue weighted by molar-refractivity contribution is 0.0566. The van der Waals surface area contributed by atoms with Crippen LogP contribution in [0.25, 0.3) is 0 Å². The number of hydrogen-bond acceptors (Lipinski definition) is 2. The van der Waals surface area contributed by atoms with Gasteiger partial charge in [0.1, 0.15) is 0 Å². The zero-order chi connectivity index (χ0) is 13.7. The van der Waals surface area contributed by atoms with E-state index in [1.165, 1.54) is 64.6 Å². The van der Waals surface area contributed by atoms with E-state index in [2.05, 4.69) is 31.0 Å². The quantitative estimate of drug-likeness (QED) is 0.789. The average Bonchev–Trinajstić information content (AvgIpc) is 2.44. The van der Waals surface area contributed by atoms with Crippen molar-refractivity contribution in [3.8, 4) is 0 Å². The van der Waals surface area contributed by atoms with Gasteiger partial charge in [-0.15, -0.1) is 0 Å². The first kappa shape index (κ1) is 15.3. The second-order valence-electron chi connectivity index (χ2n) is 7.03. The standard InChI is InChI=1S/C17H34N2/c1-4-10-18-14(2)12-15(3)19-11-9-16-7-5-6-8-17(16)13-19/h14-18H,4-13H2,1-3H3. The van der Waals surface area contributed by atoms with Crippen LogP contribution in [0.15, 0.2) is 0 Å². The van der Waals surface area contributed by atoms with Gasteiger partial charge >= 0.3 is 0 Å². The van der Waals surface area contributed by atoms with Crippen LogP contribution in [0.1, 0.15) is 65.7 Å². The third-order valence-corrected chi connectivity index (χ3v) is 5.38. The van der Waals surface area contributed by atoms with Crippen molar-refractivity contribution in [2.24, 2.45) is 11.8 Å². The van der Waals surface area contributed by atoms with E-state index in [0.29, 0.717) is 6.04 Å². The molecule has 1 N–H and O–H groups in total. The Balaban J connectivity index is 1.75. The lowest BCUT2D eigenvalue weighted by Gasteiger charge is -2.44. The molecule has 1 heterocycles. The smallest absolute Gasteiger partial charge is 0.00817 e. The SMILES string of the molecule is CCCNC(C)CC(C)N1CCC2CCCCC2C1. The number of nitrogens with one attached hydrogen (secondary N) is 1. The van der Waals surface area contributed by atoms with Crippen molar-refractivity contribution in [2.45, 2.75) is 77.8 Å². The molecule has 1 saturated heterocycles. The number of piperidine rings is 1. The minimum atomic E-state index is 0.666. The first-order valence-electron chi connectivity index (χ1n) is 8.68. The summed E-state index contributed by atoms with van der Waals surface area (Å²) >= 11 is 0. The highest BCUT2D eigenvalue weighted by Gasteiger charge is 2.32. The number of hydrogen-bond donors (Lipinski definition) is 1. The van der Waals surface area contributed by atoms with Crippen LogP contribution in [0.5, 0.6) is 0 Å². The van der Waals surface area contributed by atoms with Crippen molar-refractivity contribution in [3.63, 3.8) is 0 Å². The van der Waals surface area contributed by atoms with Gasteiger partial charge in [0, 0.05) is 18.6 Å². The number of likely N-dealkylation sites (tertiary alicyclic amines) is 1. The molecule has 2 aliphatic rings. The molecule has 0 bridgehead atoms. The van der Waals surface area contributed by atoms with Crippen molar-refractivity contribution in [1.82, 2.24) is 10.2 Å². The van der Waals surface area contributed by atoms with Crippen LogP contribution < -0.4 is 5.32 Å². The van der Waals surface area contributed by atoms with Gasteiger partial charge in [-0.2, -0.15) is 0 Å². The zero-order valence-electron chi connectivity index (χ0n) is 13.3. The van der Waals surface area contributed by atoms with Crippen LogP contribution in [0, 0.1) is 11.8 Å². The molecule has 4 atom stereocenters. The van der Waals surface area contributed by atoms with Crippen molar-refractivity contribution in [1.29, 1.82) is 0 Å². The molecule has 4 unspecified atom stereocenters. The molecule has 19 heavy (non-hydrogen) atoms. The predicted octanol–water partition coefficient (Wildman–Crippen LogP) is 3.67. The normalized spacial score (nSPS) is 31.7. The average molecular weight is 266 g/mol. The van der Waals surface area contributed by atoms with Crippen LogP contribution in [-0.4, -0.2) is 36.6 Å². The highest BCUT2D eigenvalue weighted by molar-refractivity contribution is 4.86.